The van der Waals surface area contributed by atoms with E-state index in [-0.39, 0.29) is 19.4 Å². The van der Waals surface area contributed by atoms with Gasteiger partial charge in [-0.25, -0.2) is 0 Å². The van der Waals surface area contributed by atoms with Crippen LogP contribution in [0.15, 0.2) is 12.2 Å². The first kappa shape index (κ1) is 15.7. The normalized spacial score (nSPS) is 30.4. The Morgan fingerprint density at radius 2 is 2.00 bits per heavy atom. The van der Waals surface area contributed by atoms with Gasteiger partial charge in [-0.15, -0.1) is 0 Å². The zero-order valence-corrected chi connectivity index (χ0v) is 13.0. The van der Waals surface area contributed by atoms with E-state index in [4.69, 9.17) is 13.8 Å². The van der Waals surface area contributed by atoms with Gasteiger partial charge in [-0.1, -0.05) is 12.2 Å². The van der Waals surface area contributed by atoms with Crippen LogP contribution in [-0.2, 0) is 23.1 Å². The molecule has 20 heavy (non-hydrogen) atoms. The smallest absolute Gasteiger partial charge is 0.341 e. The van der Waals surface area contributed by atoms with Crippen LogP contribution in [0.4, 0.5) is 0 Å². The number of hydrogen-bond acceptors (Lipinski definition) is 5. The maximum absolute atomic E-state index is 12.5. The van der Waals surface area contributed by atoms with E-state index in [9.17, 15) is 9.36 Å². The van der Waals surface area contributed by atoms with Gasteiger partial charge in [-0.05, 0) is 44.4 Å². The molecule has 2 aliphatic rings. The van der Waals surface area contributed by atoms with Crippen molar-refractivity contribution in [2.75, 3.05) is 26.0 Å². The lowest BCUT2D eigenvalue weighted by Crippen LogP contribution is -2.18. The van der Waals surface area contributed by atoms with Gasteiger partial charge in [0, 0.05) is 0 Å². The van der Waals surface area contributed by atoms with Crippen molar-refractivity contribution < 1.29 is 23.1 Å². The highest BCUT2D eigenvalue weighted by Gasteiger charge is 2.38. The standard InChI is InChI=1S/C14H23O5P/c1-3-17-14(15)10-20(16,18-4-2)19-9-13-8-11-5-6-12(13)7-11/h5-6,11-13H,3-4,7-10H2,1-2H3. The Hall–Kier alpha value is -0.640. The van der Waals surface area contributed by atoms with Gasteiger partial charge < -0.3 is 13.8 Å². The lowest BCUT2D eigenvalue weighted by Gasteiger charge is -2.22. The summed E-state index contributed by atoms with van der Waals surface area (Å²) in [6.07, 6.45) is 6.42. The molecule has 1 fully saturated rings. The third-order valence-electron chi connectivity index (χ3n) is 3.86. The molecular formula is C14H23O5P. The van der Waals surface area contributed by atoms with Crippen LogP contribution in [0.1, 0.15) is 26.7 Å². The Morgan fingerprint density at radius 3 is 2.55 bits per heavy atom. The summed E-state index contributed by atoms with van der Waals surface area (Å²) >= 11 is 0. The van der Waals surface area contributed by atoms with Crippen LogP contribution in [0.3, 0.4) is 0 Å². The van der Waals surface area contributed by atoms with E-state index in [1.165, 1.54) is 6.42 Å². The Morgan fingerprint density at radius 1 is 1.20 bits per heavy atom. The number of carbonyl (C=O) groups is 1. The molecule has 0 aromatic rings. The molecule has 0 spiro atoms. The molecule has 0 N–H and O–H groups in total. The van der Waals surface area contributed by atoms with Crippen molar-refractivity contribution in [2.24, 2.45) is 17.8 Å². The number of rotatable bonds is 8. The Labute approximate surface area is 120 Å². The summed E-state index contributed by atoms with van der Waals surface area (Å²) in [6.45, 7) is 4.37. The Bertz CT molecular complexity index is 420. The minimum atomic E-state index is -3.38. The minimum absolute atomic E-state index is 0.257. The van der Waals surface area contributed by atoms with Crippen molar-refractivity contribution in [1.82, 2.24) is 0 Å². The maximum atomic E-state index is 12.5. The number of fused-ring (bicyclic) bond motifs is 2. The van der Waals surface area contributed by atoms with Gasteiger partial charge in [0.2, 0.25) is 0 Å². The molecule has 0 aromatic heterocycles. The minimum Gasteiger partial charge on any atom is -0.466 e. The second kappa shape index (κ2) is 6.88. The van der Waals surface area contributed by atoms with Crippen LogP contribution in [0.2, 0.25) is 0 Å². The van der Waals surface area contributed by atoms with Gasteiger partial charge in [-0.3, -0.25) is 9.36 Å². The fraction of sp³-hybridized carbons (Fsp3) is 0.786. The number of carbonyl (C=O) groups excluding carboxylic acids is 1. The SMILES string of the molecule is CCOC(=O)CP(=O)(OCC)OCC1CC2C=CC1C2. The first-order valence-electron chi connectivity index (χ1n) is 7.28. The summed E-state index contributed by atoms with van der Waals surface area (Å²) < 4.78 is 28.0. The lowest BCUT2D eigenvalue weighted by atomic mass is 9.95. The van der Waals surface area contributed by atoms with Gasteiger partial charge >= 0.3 is 13.6 Å². The van der Waals surface area contributed by atoms with E-state index in [1.54, 1.807) is 13.8 Å². The van der Waals surface area contributed by atoms with Crippen LogP contribution in [0.5, 0.6) is 0 Å². The molecule has 6 heteroatoms. The van der Waals surface area contributed by atoms with Crippen LogP contribution >= 0.6 is 7.60 Å². The van der Waals surface area contributed by atoms with E-state index in [0.717, 1.165) is 6.42 Å². The van der Waals surface area contributed by atoms with Gasteiger partial charge in [0.05, 0.1) is 19.8 Å². The fourth-order valence-corrected chi connectivity index (χ4v) is 4.46. The van der Waals surface area contributed by atoms with Crippen molar-refractivity contribution >= 4 is 13.6 Å². The maximum Gasteiger partial charge on any atom is 0.341 e. The quantitative estimate of drug-likeness (QED) is 0.392. The summed E-state index contributed by atoms with van der Waals surface area (Å²) in [5.74, 6) is 1.03. The van der Waals surface area contributed by atoms with E-state index in [1.807, 2.05) is 0 Å². The predicted octanol–water partition coefficient (Wildman–Crippen LogP) is 3.01. The molecule has 0 aromatic carbocycles. The van der Waals surface area contributed by atoms with Gasteiger partial charge in [0.15, 0.2) is 0 Å². The van der Waals surface area contributed by atoms with Gasteiger partial charge in [0.25, 0.3) is 0 Å². The average molecular weight is 302 g/mol. The van der Waals surface area contributed by atoms with E-state index < -0.39 is 13.6 Å². The molecule has 0 aliphatic heterocycles. The highest BCUT2D eigenvalue weighted by atomic mass is 31.2. The van der Waals surface area contributed by atoms with E-state index >= 15 is 0 Å². The van der Waals surface area contributed by atoms with Crippen LogP contribution in [0.25, 0.3) is 0 Å². The molecule has 0 saturated heterocycles. The first-order chi connectivity index (χ1) is 9.56. The average Bonchev–Trinajstić information content (AvgIpc) is 2.99. The molecule has 4 unspecified atom stereocenters. The van der Waals surface area contributed by atoms with Crippen molar-refractivity contribution in [2.45, 2.75) is 26.7 Å². The number of esters is 1. The monoisotopic (exact) mass is 302 g/mol. The van der Waals surface area contributed by atoms with Crippen LogP contribution in [0, 0.1) is 17.8 Å². The topological polar surface area (TPSA) is 61.8 Å². The van der Waals surface area contributed by atoms with Crippen LogP contribution in [-0.4, -0.2) is 32.0 Å². The number of allylic oxidation sites excluding steroid dienone is 2. The van der Waals surface area contributed by atoms with Crippen molar-refractivity contribution in [3.05, 3.63) is 12.2 Å². The zero-order valence-electron chi connectivity index (χ0n) is 12.1. The second-order valence-electron chi connectivity index (χ2n) is 5.33. The van der Waals surface area contributed by atoms with Crippen molar-refractivity contribution in [1.29, 1.82) is 0 Å². The number of hydrogen-bond donors (Lipinski definition) is 0. The molecule has 114 valence electrons. The summed E-state index contributed by atoms with van der Waals surface area (Å²) in [6, 6.07) is 0. The molecule has 5 nitrogen and oxygen atoms in total. The molecule has 2 aliphatic carbocycles. The second-order valence-corrected chi connectivity index (χ2v) is 7.38. The highest BCUT2D eigenvalue weighted by molar-refractivity contribution is 7.54. The third-order valence-corrected chi connectivity index (χ3v) is 5.70. The Balaban J connectivity index is 1.86. The molecule has 0 amide bonds. The molecule has 0 heterocycles. The van der Waals surface area contributed by atoms with Crippen LogP contribution < -0.4 is 0 Å². The van der Waals surface area contributed by atoms with Gasteiger partial charge in [0.1, 0.15) is 6.16 Å². The molecule has 2 bridgehead atoms. The molecule has 2 rings (SSSR count). The van der Waals surface area contributed by atoms with E-state index in [2.05, 4.69) is 12.2 Å². The highest BCUT2D eigenvalue weighted by Crippen LogP contribution is 2.51. The summed E-state index contributed by atoms with van der Waals surface area (Å²) in [5, 5.41) is 0. The lowest BCUT2D eigenvalue weighted by molar-refractivity contribution is -0.140. The summed E-state index contributed by atoms with van der Waals surface area (Å²) in [7, 11) is -3.38. The zero-order chi connectivity index (χ0) is 14.6. The van der Waals surface area contributed by atoms with Crippen molar-refractivity contribution in [3.8, 4) is 0 Å². The summed E-state index contributed by atoms with van der Waals surface area (Å²) in [4.78, 5) is 11.5. The first-order valence-corrected chi connectivity index (χ1v) is 9.01. The summed E-state index contributed by atoms with van der Waals surface area (Å²) in [5.41, 5.74) is 0. The number of ether oxygens (including phenoxy) is 1. The van der Waals surface area contributed by atoms with E-state index in [0.29, 0.717) is 24.4 Å². The molecule has 0 radical (unpaired) electrons. The molecule has 4 atom stereocenters. The predicted molar refractivity (Wildman–Crippen MR) is 75.5 cm³/mol. The third kappa shape index (κ3) is 3.94. The molecule has 1 saturated carbocycles. The van der Waals surface area contributed by atoms with Gasteiger partial charge in [-0.2, -0.15) is 0 Å². The fourth-order valence-electron chi connectivity index (χ4n) is 2.99. The Kier molecular flexibility index (Phi) is 5.42. The molecular weight excluding hydrogens is 279 g/mol. The van der Waals surface area contributed by atoms with Crippen molar-refractivity contribution in [3.63, 3.8) is 0 Å². The largest absolute Gasteiger partial charge is 0.466 e.